The third-order valence-electron chi connectivity index (χ3n) is 2.22. The molecule has 0 aliphatic heterocycles. The van der Waals surface area contributed by atoms with Crippen molar-refractivity contribution in [3.05, 3.63) is 44.3 Å². The fourth-order valence-corrected chi connectivity index (χ4v) is 3.00. The summed E-state index contributed by atoms with van der Waals surface area (Å²) in [6, 6.07) is 6.51. The Bertz CT molecular complexity index is 376. The van der Waals surface area contributed by atoms with Gasteiger partial charge in [0.1, 0.15) is 13.1 Å². The maximum absolute atomic E-state index is 2.37. The maximum Gasteiger partial charge on any atom is 0.111 e. The highest BCUT2D eigenvalue weighted by molar-refractivity contribution is 7.10. The van der Waals surface area contributed by atoms with Crippen LogP contribution in [0.15, 0.2) is 29.0 Å². The average Bonchev–Trinajstić information content (AvgIpc) is 2.78. The highest BCUT2D eigenvalue weighted by Crippen LogP contribution is 2.13. The van der Waals surface area contributed by atoms with Gasteiger partial charge >= 0.3 is 0 Å². The molecule has 0 saturated carbocycles. The largest absolute Gasteiger partial charge is 0.337 e. The van der Waals surface area contributed by atoms with Crippen LogP contribution in [0.5, 0.6) is 0 Å². The van der Waals surface area contributed by atoms with Crippen LogP contribution in [0.3, 0.4) is 0 Å². The highest BCUT2D eigenvalue weighted by atomic mass is 32.1. The monoisotopic (exact) mass is 224 g/mol. The van der Waals surface area contributed by atoms with Crippen LogP contribution in [0, 0.1) is 6.92 Å². The molecule has 2 aromatic heterocycles. The van der Waals surface area contributed by atoms with Crippen molar-refractivity contribution >= 4 is 22.7 Å². The fourth-order valence-electron chi connectivity index (χ4n) is 1.39. The number of nitrogens with two attached hydrogens (primary N) is 1. The zero-order chi connectivity index (χ0) is 9.80. The highest BCUT2D eigenvalue weighted by Gasteiger charge is 2.02. The lowest BCUT2D eigenvalue weighted by atomic mass is 10.3. The second-order valence-corrected chi connectivity index (χ2v) is 5.34. The van der Waals surface area contributed by atoms with Crippen molar-refractivity contribution in [2.24, 2.45) is 0 Å². The molecular weight excluding hydrogens is 210 g/mol. The number of aryl methyl sites for hydroxylation is 1. The van der Waals surface area contributed by atoms with Crippen LogP contribution in [-0.2, 0) is 13.1 Å². The number of hydrogen-bond donors (Lipinski definition) is 1. The SMILES string of the molecule is Cc1ccsc1C[NH2+]Cc1cccs1. The van der Waals surface area contributed by atoms with Gasteiger partial charge in [0.05, 0.1) is 9.75 Å². The predicted molar refractivity (Wildman–Crippen MR) is 62.7 cm³/mol. The Morgan fingerprint density at radius 1 is 1.14 bits per heavy atom. The minimum Gasteiger partial charge on any atom is -0.337 e. The third kappa shape index (κ3) is 2.44. The zero-order valence-electron chi connectivity index (χ0n) is 8.19. The van der Waals surface area contributed by atoms with E-state index < -0.39 is 0 Å². The van der Waals surface area contributed by atoms with E-state index in [2.05, 4.69) is 41.2 Å². The van der Waals surface area contributed by atoms with Gasteiger partial charge in [-0.3, -0.25) is 0 Å². The molecule has 0 bridgehead atoms. The molecule has 2 heterocycles. The van der Waals surface area contributed by atoms with Crippen LogP contribution in [-0.4, -0.2) is 0 Å². The molecule has 14 heavy (non-hydrogen) atoms. The van der Waals surface area contributed by atoms with Crippen molar-refractivity contribution in [2.45, 2.75) is 20.0 Å². The summed E-state index contributed by atoms with van der Waals surface area (Å²) >= 11 is 3.70. The van der Waals surface area contributed by atoms with Crippen LogP contribution in [0.1, 0.15) is 15.3 Å². The number of thiophene rings is 2. The van der Waals surface area contributed by atoms with Crippen molar-refractivity contribution in [3.63, 3.8) is 0 Å². The first kappa shape index (κ1) is 9.90. The molecule has 0 aromatic carbocycles. The van der Waals surface area contributed by atoms with Crippen molar-refractivity contribution in [2.75, 3.05) is 0 Å². The van der Waals surface area contributed by atoms with E-state index in [1.54, 1.807) is 0 Å². The number of hydrogen-bond acceptors (Lipinski definition) is 2. The van der Waals surface area contributed by atoms with E-state index in [1.807, 2.05) is 22.7 Å². The molecule has 0 amide bonds. The standard InChI is InChI=1S/C11H13NS2/c1-9-4-6-14-11(9)8-12-7-10-3-2-5-13-10/h2-6,12H,7-8H2,1H3/p+1. The molecule has 2 aromatic rings. The molecule has 0 saturated heterocycles. The Kier molecular flexibility index (Phi) is 3.35. The van der Waals surface area contributed by atoms with Gasteiger partial charge in [-0.2, -0.15) is 0 Å². The summed E-state index contributed by atoms with van der Waals surface area (Å²) in [7, 11) is 0. The Balaban J connectivity index is 1.81. The van der Waals surface area contributed by atoms with E-state index in [4.69, 9.17) is 0 Å². The van der Waals surface area contributed by atoms with Gasteiger partial charge in [0.2, 0.25) is 0 Å². The quantitative estimate of drug-likeness (QED) is 0.821. The molecule has 0 unspecified atom stereocenters. The molecule has 0 spiro atoms. The van der Waals surface area contributed by atoms with E-state index >= 15 is 0 Å². The average molecular weight is 224 g/mol. The summed E-state index contributed by atoms with van der Waals surface area (Å²) in [4.78, 5) is 2.96. The minimum absolute atomic E-state index is 1.11. The number of rotatable bonds is 4. The van der Waals surface area contributed by atoms with Gasteiger partial charge in [0.15, 0.2) is 0 Å². The number of quaternary nitrogens is 1. The lowest BCUT2D eigenvalue weighted by molar-refractivity contribution is -0.685. The molecule has 0 atom stereocenters. The molecule has 0 fully saturated rings. The fraction of sp³-hybridized carbons (Fsp3) is 0.273. The smallest absolute Gasteiger partial charge is 0.111 e. The molecule has 0 radical (unpaired) electrons. The van der Waals surface area contributed by atoms with Crippen molar-refractivity contribution in [3.8, 4) is 0 Å². The van der Waals surface area contributed by atoms with Crippen LogP contribution in [0.25, 0.3) is 0 Å². The van der Waals surface area contributed by atoms with Crippen LogP contribution in [0.2, 0.25) is 0 Å². The zero-order valence-corrected chi connectivity index (χ0v) is 9.83. The molecule has 0 aliphatic rings. The first-order chi connectivity index (χ1) is 6.86. The van der Waals surface area contributed by atoms with Gasteiger partial charge in [-0.25, -0.2) is 0 Å². The summed E-state index contributed by atoms with van der Waals surface area (Å²) in [5.41, 5.74) is 1.43. The molecular formula is C11H14NS2+. The van der Waals surface area contributed by atoms with Crippen LogP contribution < -0.4 is 5.32 Å². The lowest BCUT2D eigenvalue weighted by Crippen LogP contribution is -2.80. The Morgan fingerprint density at radius 3 is 2.71 bits per heavy atom. The first-order valence-electron chi connectivity index (χ1n) is 4.73. The van der Waals surface area contributed by atoms with E-state index in [9.17, 15) is 0 Å². The molecule has 2 N–H and O–H groups in total. The van der Waals surface area contributed by atoms with Gasteiger partial charge in [0.25, 0.3) is 0 Å². The van der Waals surface area contributed by atoms with Crippen LogP contribution in [0.4, 0.5) is 0 Å². The molecule has 0 aliphatic carbocycles. The van der Waals surface area contributed by atoms with E-state index in [0.717, 1.165) is 13.1 Å². The van der Waals surface area contributed by atoms with E-state index in [1.165, 1.54) is 15.3 Å². The Morgan fingerprint density at radius 2 is 2.07 bits per heavy atom. The van der Waals surface area contributed by atoms with Crippen molar-refractivity contribution in [1.29, 1.82) is 0 Å². The Labute approximate surface area is 92.4 Å². The van der Waals surface area contributed by atoms with Crippen molar-refractivity contribution < 1.29 is 5.32 Å². The predicted octanol–water partition coefficient (Wildman–Crippen LogP) is 2.38. The van der Waals surface area contributed by atoms with Crippen molar-refractivity contribution in [1.82, 2.24) is 0 Å². The van der Waals surface area contributed by atoms with Gasteiger partial charge in [-0.05, 0) is 35.4 Å². The van der Waals surface area contributed by atoms with Crippen LogP contribution >= 0.6 is 22.7 Å². The van der Waals surface area contributed by atoms with Gasteiger partial charge in [-0.1, -0.05) is 6.07 Å². The molecule has 74 valence electrons. The summed E-state index contributed by atoms with van der Waals surface area (Å²) in [5, 5.41) is 6.67. The summed E-state index contributed by atoms with van der Waals surface area (Å²) in [6.07, 6.45) is 0. The lowest BCUT2D eigenvalue weighted by Gasteiger charge is -1.98. The van der Waals surface area contributed by atoms with Gasteiger partial charge < -0.3 is 5.32 Å². The topological polar surface area (TPSA) is 16.6 Å². The van der Waals surface area contributed by atoms with Gasteiger partial charge in [0, 0.05) is 0 Å². The van der Waals surface area contributed by atoms with E-state index in [0.29, 0.717) is 0 Å². The normalized spacial score (nSPS) is 10.6. The third-order valence-corrected chi connectivity index (χ3v) is 4.17. The molecule has 2 rings (SSSR count). The summed E-state index contributed by atoms with van der Waals surface area (Å²) in [5.74, 6) is 0. The molecule has 1 nitrogen and oxygen atoms in total. The second-order valence-electron chi connectivity index (χ2n) is 3.30. The summed E-state index contributed by atoms with van der Waals surface area (Å²) in [6.45, 7) is 4.40. The first-order valence-corrected chi connectivity index (χ1v) is 6.49. The van der Waals surface area contributed by atoms with Gasteiger partial charge in [-0.15, -0.1) is 22.7 Å². The minimum atomic E-state index is 1.11. The second kappa shape index (κ2) is 4.73. The van der Waals surface area contributed by atoms with E-state index in [-0.39, 0.29) is 0 Å². The Hall–Kier alpha value is -0.640. The summed E-state index contributed by atoms with van der Waals surface area (Å²) < 4.78 is 0. The molecule has 3 heteroatoms. The maximum atomic E-state index is 2.37.